The van der Waals surface area contributed by atoms with Gasteiger partial charge in [0.25, 0.3) is 0 Å². The Morgan fingerprint density at radius 2 is 2.16 bits per heavy atom. The number of urea groups is 1. The molecule has 2 aromatic rings. The highest BCUT2D eigenvalue weighted by Crippen LogP contribution is 2.19. The molecule has 1 aliphatic heterocycles. The molecular weight excluding hydrogens is 339 g/mol. The van der Waals surface area contributed by atoms with E-state index in [-0.39, 0.29) is 11.9 Å². The number of nitrogens with zero attached hydrogens (tertiary/aromatic N) is 4. The van der Waals surface area contributed by atoms with Crippen molar-refractivity contribution in [1.29, 1.82) is 0 Å². The van der Waals surface area contributed by atoms with Crippen molar-refractivity contribution in [1.82, 2.24) is 19.4 Å². The van der Waals surface area contributed by atoms with Crippen molar-refractivity contribution in [2.45, 2.75) is 26.2 Å². The maximum absolute atomic E-state index is 12.3. The number of nitrogens with one attached hydrogen (secondary N) is 1. The Bertz CT molecular complexity index is 758. The number of pyridine rings is 1. The number of anilines is 1. The second kappa shape index (κ2) is 6.61. The normalized spacial score (nSPS) is 14.2. The van der Waals surface area contributed by atoms with E-state index < -0.39 is 12.8 Å². The van der Waals surface area contributed by atoms with Crippen LogP contribution in [-0.4, -0.2) is 44.8 Å². The summed E-state index contributed by atoms with van der Waals surface area (Å²) in [6, 6.07) is 2.39. The van der Waals surface area contributed by atoms with Crippen LogP contribution in [0, 0.1) is 6.92 Å². The number of ether oxygens (including phenoxy) is 1. The Labute approximate surface area is 141 Å². The molecule has 0 spiro atoms. The summed E-state index contributed by atoms with van der Waals surface area (Å²) in [6.45, 7) is 2.07. The van der Waals surface area contributed by atoms with E-state index in [1.165, 1.54) is 18.3 Å². The van der Waals surface area contributed by atoms with Crippen molar-refractivity contribution in [2.75, 3.05) is 18.5 Å². The second-order valence-electron chi connectivity index (χ2n) is 5.63. The molecule has 0 fully saturated rings. The Balaban J connectivity index is 1.56. The molecule has 0 unspecified atom stereocenters. The molecule has 1 N–H and O–H groups in total. The third-order valence-electron chi connectivity index (χ3n) is 3.58. The van der Waals surface area contributed by atoms with Crippen LogP contribution in [0.5, 0.6) is 5.88 Å². The third kappa shape index (κ3) is 4.40. The molecular formula is C15H16F3N5O2. The number of halogens is 3. The van der Waals surface area contributed by atoms with Gasteiger partial charge in [-0.3, -0.25) is 0 Å². The second-order valence-corrected chi connectivity index (χ2v) is 5.63. The van der Waals surface area contributed by atoms with Gasteiger partial charge in [0.05, 0.1) is 24.1 Å². The molecule has 3 heterocycles. The number of carbonyl (C=O) groups is 1. The lowest BCUT2D eigenvalue weighted by Gasteiger charge is -2.27. The van der Waals surface area contributed by atoms with Gasteiger partial charge in [-0.05, 0) is 13.0 Å². The van der Waals surface area contributed by atoms with Crippen LogP contribution in [0.3, 0.4) is 0 Å². The average Bonchev–Trinajstić information content (AvgIpc) is 2.92. The van der Waals surface area contributed by atoms with Crippen LogP contribution in [-0.2, 0) is 13.1 Å². The van der Waals surface area contributed by atoms with Gasteiger partial charge in [0.15, 0.2) is 6.61 Å². The van der Waals surface area contributed by atoms with Crippen molar-refractivity contribution in [3.8, 4) is 5.88 Å². The Morgan fingerprint density at radius 3 is 2.84 bits per heavy atom. The zero-order valence-corrected chi connectivity index (χ0v) is 13.4. The molecule has 0 radical (unpaired) electrons. The van der Waals surface area contributed by atoms with Gasteiger partial charge in [-0.1, -0.05) is 0 Å². The lowest BCUT2D eigenvalue weighted by molar-refractivity contribution is -0.154. The summed E-state index contributed by atoms with van der Waals surface area (Å²) in [5.41, 5.74) is 1.27. The smallest absolute Gasteiger partial charge is 0.422 e. The number of hydrogen-bond donors (Lipinski definition) is 1. The van der Waals surface area contributed by atoms with Crippen molar-refractivity contribution in [3.63, 3.8) is 0 Å². The van der Waals surface area contributed by atoms with E-state index in [2.05, 4.69) is 20.0 Å². The van der Waals surface area contributed by atoms with E-state index in [1.54, 1.807) is 4.90 Å². The van der Waals surface area contributed by atoms with Crippen LogP contribution in [0.4, 0.5) is 23.7 Å². The molecule has 0 aromatic carbocycles. The van der Waals surface area contributed by atoms with Crippen LogP contribution in [0.25, 0.3) is 0 Å². The standard InChI is InChI=1S/C15H16F3N5O2/c1-10-7-22-4-5-23(8-12(22)20-10)14(24)21-11-2-3-13(19-6-11)25-9-15(16,17)18/h2-3,6-7H,4-5,8-9H2,1H3,(H,21,24). The molecule has 1 aliphatic rings. The minimum atomic E-state index is -4.42. The van der Waals surface area contributed by atoms with E-state index in [9.17, 15) is 18.0 Å². The van der Waals surface area contributed by atoms with Crippen molar-refractivity contribution < 1.29 is 22.7 Å². The number of imidazole rings is 1. The molecule has 3 rings (SSSR count). The Morgan fingerprint density at radius 1 is 1.36 bits per heavy atom. The molecule has 2 amide bonds. The van der Waals surface area contributed by atoms with Gasteiger partial charge < -0.3 is 19.5 Å². The molecule has 0 atom stereocenters. The summed E-state index contributed by atoms with van der Waals surface area (Å²) < 4.78 is 42.8. The van der Waals surface area contributed by atoms with Crippen LogP contribution in [0.2, 0.25) is 0 Å². The Kier molecular flexibility index (Phi) is 4.51. The van der Waals surface area contributed by atoms with E-state index in [4.69, 9.17) is 0 Å². The fraction of sp³-hybridized carbons (Fsp3) is 0.400. The predicted octanol–water partition coefficient (Wildman–Crippen LogP) is 2.58. The molecule has 2 aromatic heterocycles. The van der Waals surface area contributed by atoms with E-state index in [0.29, 0.717) is 25.3 Å². The van der Waals surface area contributed by atoms with Crippen molar-refractivity contribution in [3.05, 3.63) is 36.0 Å². The minimum absolute atomic E-state index is 0.161. The first-order valence-electron chi connectivity index (χ1n) is 7.54. The minimum Gasteiger partial charge on any atom is -0.468 e. The first-order chi connectivity index (χ1) is 11.8. The zero-order valence-electron chi connectivity index (χ0n) is 13.4. The number of alkyl halides is 3. The lowest BCUT2D eigenvalue weighted by Crippen LogP contribution is -2.40. The molecule has 0 saturated carbocycles. The molecule has 0 saturated heterocycles. The van der Waals surface area contributed by atoms with Crippen molar-refractivity contribution in [2.24, 2.45) is 0 Å². The topological polar surface area (TPSA) is 72.3 Å². The highest BCUT2D eigenvalue weighted by atomic mass is 19.4. The number of fused-ring (bicyclic) bond motifs is 1. The molecule has 0 aliphatic carbocycles. The van der Waals surface area contributed by atoms with Crippen LogP contribution >= 0.6 is 0 Å². The van der Waals surface area contributed by atoms with E-state index >= 15 is 0 Å². The highest BCUT2D eigenvalue weighted by molar-refractivity contribution is 5.89. The monoisotopic (exact) mass is 355 g/mol. The summed E-state index contributed by atoms with van der Waals surface area (Å²) in [4.78, 5) is 22.0. The highest BCUT2D eigenvalue weighted by Gasteiger charge is 2.28. The van der Waals surface area contributed by atoms with E-state index in [1.807, 2.05) is 17.7 Å². The molecule has 0 bridgehead atoms. The van der Waals surface area contributed by atoms with Gasteiger partial charge in [-0.2, -0.15) is 13.2 Å². The summed E-state index contributed by atoms with van der Waals surface area (Å²) in [7, 11) is 0. The van der Waals surface area contributed by atoms with Gasteiger partial charge in [-0.15, -0.1) is 0 Å². The van der Waals surface area contributed by atoms with Crippen LogP contribution in [0.1, 0.15) is 11.5 Å². The third-order valence-corrected chi connectivity index (χ3v) is 3.58. The van der Waals surface area contributed by atoms with Crippen LogP contribution < -0.4 is 10.1 Å². The number of rotatable bonds is 3. The van der Waals surface area contributed by atoms with E-state index in [0.717, 1.165) is 11.5 Å². The average molecular weight is 355 g/mol. The zero-order chi connectivity index (χ0) is 18.0. The summed E-state index contributed by atoms with van der Waals surface area (Å²) in [6.07, 6.45) is -1.24. The fourth-order valence-corrected chi connectivity index (χ4v) is 2.47. The SMILES string of the molecule is Cc1cn2c(n1)CN(C(=O)Nc1ccc(OCC(F)(F)F)nc1)CC2. The van der Waals surface area contributed by atoms with Crippen LogP contribution in [0.15, 0.2) is 24.5 Å². The summed E-state index contributed by atoms with van der Waals surface area (Å²) >= 11 is 0. The van der Waals surface area contributed by atoms with Gasteiger partial charge in [-0.25, -0.2) is 14.8 Å². The maximum atomic E-state index is 12.3. The molecule has 25 heavy (non-hydrogen) atoms. The number of aryl methyl sites for hydroxylation is 1. The fourth-order valence-electron chi connectivity index (χ4n) is 2.47. The predicted molar refractivity (Wildman–Crippen MR) is 82.2 cm³/mol. The number of hydrogen-bond acceptors (Lipinski definition) is 4. The van der Waals surface area contributed by atoms with Gasteiger partial charge in [0, 0.05) is 25.4 Å². The summed E-state index contributed by atoms with van der Waals surface area (Å²) in [5.74, 6) is 0.652. The van der Waals surface area contributed by atoms with Gasteiger partial charge in [0.1, 0.15) is 5.82 Å². The summed E-state index contributed by atoms with van der Waals surface area (Å²) in [5, 5.41) is 2.66. The first-order valence-corrected chi connectivity index (χ1v) is 7.54. The molecule has 7 nitrogen and oxygen atoms in total. The quantitative estimate of drug-likeness (QED) is 0.919. The molecule has 134 valence electrons. The number of carbonyl (C=O) groups excluding carboxylic acids is 1. The largest absolute Gasteiger partial charge is 0.468 e. The maximum Gasteiger partial charge on any atom is 0.422 e. The lowest BCUT2D eigenvalue weighted by atomic mass is 10.3. The van der Waals surface area contributed by atoms with Crippen molar-refractivity contribution >= 4 is 11.7 Å². The number of amides is 2. The van der Waals surface area contributed by atoms with Gasteiger partial charge in [0.2, 0.25) is 5.88 Å². The first kappa shape index (κ1) is 17.1. The van der Waals surface area contributed by atoms with Gasteiger partial charge >= 0.3 is 12.2 Å². The number of aromatic nitrogens is 3. The molecule has 10 heteroatoms. The Hall–Kier alpha value is -2.78.